The van der Waals surface area contributed by atoms with E-state index in [4.69, 9.17) is 14.6 Å². The van der Waals surface area contributed by atoms with Crippen LogP contribution in [-0.2, 0) is 17.8 Å². The van der Waals surface area contributed by atoms with Crippen molar-refractivity contribution in [1.29, 1.82) is 0 Å². The minimum atomic E-state index is -0.824. The Morgan fingerprint density at radius 2 is 1.82 bits per heavy atom. The van der Waals surface area contributed by atoms with Crippen molar-refractivity contribution >= 4 is 5.91 Å². The predicted octanol–water partition coefficient (Wildman–Crippen LogP) is 5.91. The number of aryl methyl sites for hydroxylation is 1. The van der Waals surface area contributed by atoms with E-state index in [0.29, 0.717) is 30.0 Å². The highest BCUT2D eigenvalue weighted by Crippen LogP contribution is 2.34. The maximum Gasteiger partial charge on any atom is 0.228 e. The van der Waals surface area contributed by atoms with Crippen LogP contribution in [0.15, 0.2) is 42.5 Å². The van der Waals surface area contributed by atoms with Crippen molar-refractivity contribution in [2.75, 3.05) is 13.7 Å². The van der Waals surface area contributed by atoms with Crippen molar-refractivity contribution in [3.05, 3.63) is 65.4 Å². The summed E-state index contributed by atoms with van der Waals surface area (Å²) in [6.07, 6.45) is 1.37. The smallest absolute Gasteiger partial charge is 0.228 e. The van der Waals surface area contributed by atoms with Crippen LogP contribution in [0.3, 0.4) is 0 Å². The number of benzene rings is 2. The lowest BCUT2D eigenvalue weighted by Gasteiger charge is -2.24. The number of amides is 1. The third-order valence-corrected chi connectivity index (χ3v) is 5.42. The molecule has 8 heteroatoms. The maximum atomic E-state index is 14.5. The van der Waals surface area contributed by atoms with E-state index in [2.05, 4.69) is 0 Å². The highest BCUT2D eigenvalue weighted by atomic mass is 19.1. The molecular weight excluding hydrogens is 440 g/mol. The van der Waals surface area contributed by atoms with Crippen molar-refractivity contribution in [2.24, 2.45) is 5.92 Å². The van der Waals surface area contributed by atoms with Gasteiger partial charge in [-0.1, -0.05) is 27.7 Å². The van der Waals surface area contributed by atoms with E-state index in [1.165, 1.54) is 6.07 Å². The lowest BCUT2D eigenvalue weighted by atomic mass is 10.1. The number of hydrogen-bond donors (Lipinski definition) is 0. The first-order valence-corrected chi connectivity index (χ1v) is 11.5. The lowest BCUT2D eigenvalue weighted by molar-refractivity contribution is -0.135. The first-order valence-electron chi connectivity index (χ1n) is 11.5. The Morgan fingerprint density at radius 1 is 1.12 bits per heavy atom. The summed E-state index contributed by atoms with van der Waals surface area (Å²) in [5, 5.41) is 4.73. The van der Waals surface area contributed by atoms with Gasteiger partial charge in [-0.3, -0.25) is 4.79 Å². The molecule has 2 aromatic carbocycles. The Balaban J connectivity index is 2.15. The molecule has 3 aromatic rings. The number of rotatable bonds is 10. The van der Waals surface area contributed by atoms with Gasteiger partial charge < -0.3 is 14.4 Å². The second-order valence-electron chi connectivity index (χ2n) is 8.29. The predicted molar refractivity (Wildman–Crippen MR) is 126 cm³/mol. The average molecular weight is 472 g/mol. The maximum absolute atomic E-state index is 14.5. The van der Waals surface area contributed by atoms with E-state index >= 15 is 0 Å². The molecule has 0 N–H and O–H groups in total. The molecule has 34 heavy (non-hydrogen) atoms. The van der Waals surface area contributed by atoms with Crippen LogP contribution >= 0.6 is 0 Å². The second-order valence-corrected chi connectivity index (χ2v) is 8.29. The van der Waals surface area contributed by atoms with E-state index in [-0.39, 0.29) is 30.0 Å². The van der Waals surface area contributed by atoms with Gasteiger partial charge in [0, 0.05) is 18.5 Å². The summed E-state index contributed by atoms with van der Waals surface area (Å²) in [6, 6.07) is 10.4. The number of ether oxygens (including phenoxy) is 2. The van der Waals surface area contributed by atoms with Gasteiger partial charge in [-0.15, -0.1) is 0 Å². The van der Waals surface area contributed by atoms with Crippen molar-refractivity contribution < 1.29 is 23.0 Å². The van der Waals surface area contributed by atoms with Gasteiger partial charge in [0.05, 0.1) is 30.6 Å². The summed E-state index contributed by atoms with van der Waals surface area (Å²) in [6.45, 7) is 8.52. The Labute approximate surface area is 199 Å². The van der Waals surface area contributed by atoms with Crippen LogP contribution in [0.4, 0.5) is 8.78 Å². The molecule has 0 spiro atoms. The van der Waals surface area contributed by atoms with Gasteiger partial charge in [0.15, 0.2) is 11.6 Å². The van der Waals surface area contributed by atoms with Crippen LogP contribution in [0.1, 0.15) is 45.4 Å². The molecule has 0 radical (unpaired) electrons. The molecule has 0 bridgehead atoms. The van der Waals surface area contributed by atoms with E-state index in [1.54, 1.807) is 28.8 Å². The van der Waals surface area contributed by atoms with Crippen molar-refractivity contribution in [3.63, 3.8) is 0 Å². The van der Waals surface area contributed by atoms with Crippen LogP contribution in [0, 0.1) is 17.6 Å². The van der Waals surface area contributed by atoms with Gasteiger partial charge in [0.2, 0.25) is 11.8 Å². The summed E-state index contributed by atoms with van der Waals surface area (Å²) >= 11 is 0. The third kappa shape index (κ3) is 5.55. The molecule has 0 aliphatic rings. The lowest BCUT2D eigenvalue weighted by Crippen LogP contribution is -2.34. The monoisotopic (exact) mass is 471 g/mol. The zero-order valence-electron chi connectivity index (χ0n) is 20.3. The summed E-state index contributed by atoms with van der Waals surface area (Å²) in [7, 11) is 1.58. The molecular formula is C26H31F2N3O3. The van der Waals surface area contributed by atoms with Gasteiger partial charge in [-0.2, -0.15) is 5.10 Å². The van der Waals surface area contributed by atoms with Gasteiger partial charge in [-0.05, 0) is 49.2 Å². The van der Waals surface area contributed by atoms with E-state index in [1.807, 2.05) is 39.8 Å². The molecule has 1 aromatic heterocycles. The minimum absolute atomic E-state index is 0.0139. The van der Waals surface area contributed by atoms with E-state index in [9.17, 15) is 13.6 Å². The van der Waals surface area contributed by atoms with Crippen LogP contribution in [0.2, 0.25) is 0 Å². The Bertz CT molecular complexity index is 1130. The van der Waals surface area contributed by atoms with Crippen LogP contribution in [0.25, 0.3) is 5.69 Å². The summed E-state index contributed by atoms with van der Waals surface area (Å²) in [4.78, 5) is 14.7. The standard InChI is InChI=1S/C26H31F2N3O3/c1-6-14-30(25(32)17(3)4)16-21-23(7-2)29-31(19-9-11-20(33-5)12-10-19)26(21)34-24-13-8-18(27)15-22(24)28/h8-13,15,17H,6-7,14,16H2,1-5H3. The SMILES string of the molecule is CCCN(Cc1c(CC)nn(-c2ccc(OC)cc2)c1Oc1ccc(F)cc1F)C(=O)C(C)C. The Morgan fingerprint density at radius 3 is 2.38 bits per heavy atom. The quantitative estimate of drug-likeness (QED) is 0.369. The molecule has 6 nitrogen and oxygen atoms in total. The molecule has 0 saturated heterocycles. The Hall–Kier alpha value is -3.42. The van der Waals surface area contributed by atoms with Gasteiger partial charge in [0.1, 0.15) is 11.6 Å². The molecule has 0 aliphatic carbocycles. The Kier molecular flexibility index (Phi) is 8.26. The number of nitrogens with zero attached hydrogens (tertiary/aromatic N) is 3. The summed E-state index contributed by atoms with van der Waals surface area (Å²) in [5.74, 6) is -0.847. The van der Waals surface area contributed by atoms with Gasteiger partial charge in [-0.25, -0.2) is 13.5 Å². The van der Waals surface area contributed by atoms with Gasteiger partial charge in [0.25, 0.3) is 0 Å². The summed E-state index contributed by atoms with van der Waals surface area (Å²) < 4.78 is 40.9. The molecule has 0 unspecified atom stereocenters. The number of hydrogen-bond acceptors (Lipinski definition) is 4. The molecule has 1 amide bonds. The first kappa shape index (κ1) is 25.2. The molecule has 1 heterocycles. The number of aromatic nitrogens is 2. The van der Waals surface area contributed by atoms with Crippen LogP contribution in [-0.4, -0.2) is 34.2 Å². The largest absolute Gasteiger partial charge is 0.497 e. The van der Waals surface area contributed by atoms with Crippen LogP contribution in [0.5, 0.6) is 17.4 Å². The fraction of sp³-hybridized carbons (Fsp3) is 0.385. The number of carbonyl (C=O) groups excluding carboxylic acids is 1. The topological polar surface area (TPSA) is 56.6 Å². The zero-order chi connectivity index (χ0) is 24.8. The molecule has 0 saturated carbocycles. The van der Waals surface area contributed by atoms with E-state index in [0.717, 1.165) is 24.2 Å². The summed E-state index contributed by atoms with van der Waals surface area (Å²) in [5.41, 5.74) is 2.09. The van der Waals surface area contributed by atoms with Gasteiger partial charge >= 0.3 is 0 Å². The first-order chi connectivity index (χ1) is 16.3. The average Bonchev–Trinajstić information content (AvgIpc) is 3.17. The number of methoxy groups -OCH3 is 1. The van der Waals surface area contributed by atoms with E-state index < -0.39 is 11.6 Å². The molecule has 182 valence electrons. The fourth-order valence-corrected chi connectivity index (χ4v) is 3.68. The zero-order valence-corrected chi connectivity index (χ0v) is 20.3. The van der Waals surface area contributed by atoms with Crippen molar-refractivity contribution in [1.82, 2.24) is 14.7 Å². The highest BCUT2D eigenvalue weighted by Gasteiger charge is 2.26. The molecule has 0 atom stereocenters. The molecule has 0 aliphatic heterocycles. The number of halogens is 2. The third-order valence-electron chi connectivity index (χ3n) is 5.42. The normalized spacial score (nSPS) is 11.1. The molecule has 3 rings (SSSR count). The molecule has 0 fully saturated rings. The number of carbonyl (C=O) groups is 1. The fourth-order valence-electron chi connectivity index (χ4n) is 3.68. The van der Waals surface area contributed by atoms with Crippen LogP contribution < -0.4 is 9.47 Å². The second kappa shape index (κ2) is 11.1. The van der Waals surface area contributed by atoms with Crippen molar-refractivity contribution in [3.8, 4) is 23.1 Å². The van der Waals surface area contributed by atoms with Crippen molar-refractivity contribution in [2.45, 2.75) is 47.1 Å². The highest BCUT2D eigenvalue weighted by molar-refractivity contribution is 5.78. The minimum Gasteiger partial charge on any atom is -0.497 e.